The van der Waals surface area contributed by atoms with Gasteiger partial charge in [-0.15, -0.1) is 0 Å². The molecule has 11 nitrogen and oxygen atoms in total. The van der Waals surface area contributed by atoms with Gasteiger partial charge in [-0.3, -0.25) is 9.36 Å². The number of ether oxygens (including phenoxy) is 1. The van der Waals surface area contributed by atoms with Gasteiger partial charge in [0.05, 0.1) is 18.2 Å². The van der Waals surface area contributed by atoms with E-state index in [-0.39, 0.29) is 36.5 Å². The predicted octanol–water partition coefficient (Wildman–Crippen LogP) is 0.131. The first-order chi connectivity index (χ1) is 15.4. The number of hydrogen-bond acceptors (Lipinski definition) is 7. The van der Waals surface area contributed by atoms with Crippen LogP contribution < -0.4 is 20.6 Å². The molecule has 3 heterocycles. The quantitative estimate of drug-likeness (QED) is 0.666. The van der Waals surface area contributed by atoms with Gasteiger partial charge in [0.2, 0.25) is 11.8 Å². The lowest BCUT2D eigenvalue weighted by atomic mass is 10.1. The number of nitriles is 1. The van der Waals surface area contributed by atoms with Crippen LogP contribution in [0.5, 0.6) is 5.88 Å². The first kappa shape index (κ1) is 21.1. The van der Waals surface area contributed by atoms with Crippen molar-refractivity contribution >= 4 is 17.8 Å². The molecule has 4 rings (SSSR count). The van der Waals surface area contributed by atoms with Crippen LogP contribution in [0.4, 0.5) is 15.0 Å². The van der Waals surface area contributed by atoms with Crippen molar-refractivity contribution in [3.63, 3.8) is 0 Å². The number of benzene rings is 1. The minimum absolute atomic E-state index is 0.00708. The minimum atomic E-state index is -1.26. The number of piperazine rings is 1. The van der Waals surface area contributed by atoms with Gasteiger partial charge in [-0.2, -0.15) is 10.2 Å². The van der Waals surface area contributed by atoms with Gasteiger partial charge in [-0.1, -0.05) is 6.07 Å². The van der Waals surface area contributed by atoms with Gasteiger partial charge in [0.1, 0.15) is 30.9 Å². The molecule has 166 valence electrons. The van der Waals surface area contributed by atoms with Crippen molar-refractivity contribution < 1.29 is 23.8 Å². The Labute approximate surface area is 181 Å². The predicted molar refractivity (Wildman–Crippen MR) is 108 cm³/mol. The summed E-state index contributed by atoms with van der Waals surface area (Å²) in [4.78, 5) is 42.8. The standard InChI is InChI=1S/C20H19FN6O5/c21-15-2-1-12(5-13(15)7-22)11-32-16-6-17-26-4-3-25(18(28)8-23-20(30)31)9-14(26)10-27(17)19(29)24-16/h1-2,5-6,14,23H,3-4,8-11H2,(H,30,31). The highest BCUT2D eigenvalue weighted by molar-refractivity contribution is 5.82. The van der Waals surface area contributed by atoms with Crippen LogP contribution in [-0.4, -0.2) is 63.8 Å². The lowest BCUT2D eigenvalue weighted by Crippen LogP contribution is -2.55. The molecule has 12 heteroatoms. The number of amides is 2. The van der Waals surface area contributed by atoms with E-state index in [1.165, 1.54) is 22.8 Å². The number of halogens is 1. The number of carbonyl (C=O) groups is 2. The number of aromatic nitrogens is 2. The van der Waals surface area contributed by atoms with Gasteiger partial charge in [0.25, 0.3) is 0 Å². The molecule has 1 saturated heterocycles. The lowest BCUT2D eigenvalue weighted by molar-refractivity contribution is -0.130. The summed E-state index contributed by atoms with van der Waals surface area (Å²) in [7, 11) is 0. The fraction of sp³-hybridized carbons (Fsp3) is 0.350. The number of carboxylic acid groups (broad SMARTS) is 1. The van der Waals surface area contributed by atoms with Gasteiger partial charge in [-0.25, -0.2) is 14.0 Å². The molecule has 2 aliphatic heterocycles. The summed E-state index contributed by atoms with van der Waals surface area (Å²) >= 11 is 0. The molecule has 0 bridgehead atoms. The van der Waals surface area contributed by atoms with E-state index in [2.05, 4.69) is 10.3 Å². The average molecular weight is 442 g/mol. The van der Waals surface area contributed by atoms with Crippen LogP contribution in [0.3, 0.4) is 0 Å². The van der Waals surface area contributed by atoms with Crippen molar-refractivity contribution in [3.05, 3.63) is 51.7 Å². The van der Waals surface area contributed by atoms with E-state index in [0.29, 0.717) is 37.6 Å². The Morgan fingerprint density at radius 3 is 2.88 bits per heavy atom. The lowest BCUT2D eigenvalue weighted by Gasteiger charge is -2.38. The third-order valence-corrected chi connectivity index (χ3v) is 5.42. The van der Waals surface area contributed by atoms with Crippen molar-refractivity contribution in [2.24, 2.45) is 0 Å². The summed E-state index contributed by atoms with van der Waals surface area (Å²) in [5, 5.41) is 19.7. The largest absolute Gasteiger partial charge is 0.473 e. The summed E-state index contributed by atoms with van der Waals surface area (Å²) in [5.74, 6) is -0.215. The number of hydrogen-bond donors (Lipinski definition) is 2. The number of rotatable bonds is 5. The number of carbonyl (C=O) groups excluding carboxylic acids is 1. The van der Waals surface area contributed by atoms with Crippen LogP contribution in [-0.2, 0) is 17.9 Å². The monoisotopic (exact) mass is 442 g/mol. The fourth-order valence-electron chi connectivity index (χ4n) is 3.88. The molecule has 0 saturated carbocycles. The molecular weight excluding hydrogens is 423 g/mol. The third kappa shape index (κ3) is 4.18. The first-order valence-corrected chi connectivity index (χ1v) is 9.80. The summed E-state index contributed by atoms with van der Waals surface area (Å²) < 4.78 is 20.6. The maximum atomic E-state index is 13.5. The van der Waals surface area contributed by atoms with Gasteiger partial charge in [0.15, 0.2) is 0 Å². The Morgan fingerprint density at radius 1 is 1.31 bits per heavy atom. The highest BCUT2D eigenvalue weighted by atomic mass is 19.1. The molecule has 1 fully saturated rings. The molecule has 2 aliphatic rings. The van der Waals surface area contributed by atoms with Crippen LogP contribution >= 0.6 is 0 Å². The normalized spacial score (nSPS) is 16.7. The van der Waals surface area contributed by atoms with E-state index in [1.807, 2.05) is 4.90 Å². The molecule has 0 aliphatic carbocycles. The number of fused-ring (bicyclic) bond motifs is 3. The zero-order valence-corrected chi connectivity index (χ0v) is 16.8. The third-order valence-electron chi connectivity index (χ3n) is 5.42. The van der Waals surface area contributed by atoms with Crippen molar-refractivity contribution in [1.82, 2.24) is 19.8 Å². The molecule has 1 aromatic carbocycles. The average Bonchev–Trinajstić information content (AvgIpc) is 3.15. The molecule has 2 aromatic rings. The Hall–Kier alpha value is -4.14. The second kappa shape index (κ2) is 8.54. The smallest absolute Gasteiger partial charge is 0.405 e. The summed E-state index contributed by atoms with van der Waals surface area (Å²) in [6.07, 6.45) is -1.26. The van der Waals surface area contributed by atoms with Gasteiger partial charge >= 0.3 is 11.8 Å². The Balaban J connectivity index is 1.45. The summed E-state index contributed by atoms with van der Waals surface area (Å²) in [6.45, 7) is 1.26. The van der Waals surface area contributed by atoms with Gasteiger partial charge in [-0.05, 0) is 17.7 Å². The summed E-state index contributed by atoms with van der Waals surface area (Å²) in [5.41, 5.74) is -0.0265. The second-order valence-electron chi connectivity index (χ2n) is 7.41. The van der Waals surface area contributed by atoms with Gasteiger partial charge < -0.3 is 25.0 Å². The highest BCUT2D eigenvalue weighted by Crippen LogP contribution is 2.29. The van der Waals surface area contributed by atoms with Crippen LogP contribution in [0.25, 0.3) is 0 Å². The molecule has 1 unspecified atom stereocenters. The Bertz CT molecular complexity index is 1180. The molecule has 1 atom stereocenters. The van der Waals surface area contributed by atoms with Crippen LogP contribution in [0, 0.1) is 17.1 Å². The van der Waals surface area contributed by atoms with Crippen molar-refractivity contribution in [2.75, 3.05) is 31.1 Å². The van der Waals surface area contributed by atoms with E-state index in [1.54, 1.807) is 17.0 Å². The van der Waals surface area contributed by atoms with Crippen LogP contribution in [0.15, 0.2) is 29.1 Å². The Morgan fingerprint density at radius 2 is 2.12 bits per heavy atom. The molecule has 2 amide bonds. The van der Waals surface area contributed by atoms with E-state index >= 15 is 0 Å². The Kier molecular flexibility index (Phi) is 5.63. The van der Waals surface area contributed by atoms with E-state index in [0.717, 1.165) is 0 Å². The van der Waals surface area contributed by atoms with Crippen LogP contribution in [0.1, 0.15) is 11.1 Å². The topological polar surface area (TPSA) is 141 Å². The number of nitrogens with one attached hydrogen (secondary N) is 1. The van der Waals surface area contributed by atoms with E-state index in [9.17, 15) is 18.8 Å². The van der Waals surface area contributed by atoms with Gasteiger partial charge in [0, 0.05) is 25.7 Å². The van der Waals surface area contributed by atoms with Crippen molar-refractivity contribution in [3.8, 4) is 11.9 Å². The fourth-order valence-corrected chi connectivity index (χ4v) is 3.88. The zero-order chi connectivity index (χ0) is 22.8. The van der Waals surface area contributed by atoms with E-state index in [4.69, 9.17) is 15.1 Å². The van der Waals surface area contributed by atoms with E-state index < -0.39 is 17.6 Å². The SMILES string of the molecule is N#Cc1cc(COc2cc3n(c(=O)n2)CC2CN(C(=O)CNC(=O)O)CCN32)ccc1F. The van der Waals surface area contributed by atoms with Crippen molar-refractivity contribution in [2.45, 2.75) is 19.2 Å². The maximum Gasteiger partial charge on any atom is 0.405 e. The number of anilines is 1. The molecule has 0 spiro atoms. The number of nitrogens with zero attached hydrogens (tertiary/aromatic N) is 5. The molecule has 2 N–H and O–H groups in total. The van der Waals surface area contributed by atoms with Crippen molar-refractivity contribution in [1.29, 1.82) is 5.26 Å². The highest BCUT2D eigenvalue weighted by Gasteiger charge is 2.37. The zero-order valence-electron chi connectivity index (χ0n) is 16.8. The van der Waals surface area contributed by atoms with Crippen LogP contribution in [0.2, 0.25) is 0 Å². The first-order valence-electron chi connectivity index (χ1n) is 9.80. The molecule has 32 heavy (non-hydrogen) atoms. The second-order valence-corrected chi connectivity index (χ2v) is 7.41. The summed E-state index contributed by atoms with van der Waals surface area (Å²) in [6, 6.07) is 7.31. The molecule has 1 aromatic heterocycles. The minimum Gasteiger partial charge on any atom is -0.473 e. The molecular formula is C20H19FN6O5. The molecule has 0 radical (unpaired) electrons. The maximum absolute atomic E-state index is 13.5.